The summed E-state index contributed by atoms with van der Waals surface area (Å²) in [4.78, 5) is 11.0. The standard InChI is InChI=1S/C14H20N2O3/c1-9(10-4-6-19-7-5-10)16-13-8-11(14(17)18)2-3-12(13)15/h2-3,8-10,16H,4-7,15H2,1H3,(H,17,18). The monoisotopic (exact) mass is 264 g/mol. The Labute approximate surface area is 112 Å². The van der Waals surface area contributed by atoms with Crippen LogP contribution >= 0.6 is 0 Å². The van der Waals surface area contributed by atoms with Gasteiger partial charge in [0.15, 0.2) is 0 Å². The molecule has 4 N–H and O–H groups in total. The van der Waals surface area contributed by atoms with Crippen LogP contribution in [0.25, 0.3) is 0 Å². The first-order valence-electron chi connectivity index (χ1n) is 6.55. The zero-order chi connectivity index (χ0) is 13.8. The summed E-state index contributed by atoms with van der Waals surface area (Å²) in [6.07, 6.45) is 2.04. The minimum Gasteiger partial charge on any atom is -0.478 e. The number of rotatable bonds is 4. The Morgan fingerprint density at radius 1 is 1.47 bits per heavy atom. The molecule has 19 heavy (non-hydrogen) atoms. The highest BCUT2D eigenvalue weighted by Gasteiger charge is 2.21. The van der Waals surface area contributed by atoms with Crippen molar-refractivity contribution in [2.75, 3.05) is 24.3 Å². The Kier molecular flexibility index (Phi) is 4.27. The highest BCUT2D eigenvalue weighted by molar-refractivity contribution is 5.90. The molecule has 1 aromatic rings. The molecule has 0 aromatic heterocycles. The number of ether oxygens (including phenoxy) is 1. The second-order valence-corrected chi connectivity index (χ2v) is 4.99. The van der Waals surface area contributed by atoms with Crippen molar-refractivity contribution in [2.45, 2.75) is 25.8 Å². The molecule has 1 atom stereocenters. The minimum atomic E-state index is -0.943. The third-order valence-corrected chi connectivity index (χ3v) is 3.66. The van der Waals surface area contributed by atoms with Crippen LogP contribution in [0.15, 0.2) is 18.2 Å². The Morgan fingerprint density at radius 2 is 2.16 bits per heavy atom. The molecule has 1 heterocycles. The lowest BCUT2D eigenvalue weighted by Crippen LogP contribution is -2.31. The number of hydrogen-bond donors (Lipinski definition) is 3. The third kappa shape index (κ3) is 3.38. The quantitative estimate of drug-likeness (QED) is 0.726. The van der Waals surface area contributed by atoms with Crippen LogP contribution < -0.4 is 11.1 Å². The van der Waals surface area contributed by atoms with Gasteiger partial charge < -0.3 is 20.9 Å². The van der Waals surface area contributed by atoms with E-state index in [-0.39, 0.29) is 11.6 Å². The van der Waals surface area contributed by atoms with Crippen LogP contribution in [-0.4, -0.2) is 30.3 Å². The number of benzene rings is 1. The molecule has 0 radical (unpaired) electrons. The van der Waals surface area contributed by atoms with Gasteiger partial charge in [-0.2, -0.15) is 0 Å². The highest BCUT2D eigenvalue weighted by atomic mass is 16.5. The van der Waals surface area contributed by atoms with Gasteiger partial charge in [-0.3, -0.25) is 0 Å². The molecule has 1 fully saturated rings. The maximum absolute atomic E-state index is 11.0. The SMILES string of the molecule is CC(Nc1cc(C(=O)O)ccc1N)C1CCOCC1. The lowest BCUT2D eigenvalue weighted by Gasteiger charge is -2.29. The normalized spacial score (nSPS) is 17.9. The fourth-order valence-electron chi connectivity index (χ4n) is 2.39. The average molecular weight is 264 g/mol. The van der Waals surface area contributed by atoms with Gasteiger partial charge in [0.25, 0.3) is 0 Å². The molecule has 1 unspecified atom stereocenters. The maximum atomic E-state index is 11.0. The zero-order valence-electron chi connectivity index (χ0n) is 11.1. The maximum Gasteiger partial charge on any atom is 0.335 e. The van der Waals surface area contributed by atoms with Gasteiger partial charge in [0.2, 0.25) is 0 Å². The van der Waals surface area contributed by atoms with Gasteiger partial charge in [0, 0.05) is 19.3 Å². The van der Waals surface area contributed by atoms with Gasteiger partial charge >= 0.3 is 5.97 Å². The highest BCUT2D eigenvalue weighted by Crippen LogP contribution is 2.26. The summed E-state index contributed by atoms with van der Waals surface area (Å²) in [6.45, 7) is 3.69. The van der Waals surface area contributed by atoms with E-state index in [0.29, 0.717) is 17.3 Å². The molecule has 0 saturated carbocycles. The van der Waals surface area contributed by atoms with Crippen LogP contribution in [0, 0.1) is 5.92 Å². The number of carboxylic acid groups (broad SMARTS) is 1. The van der Waals surface area contributed by atoms with Gasteiger partial charge in [-0.25, -0.2) is 4.79 Å². The first-order valence-corrected chi connectivity index (χ1v) is 6.55. The topological polar surface area (TPSA) is 84.6 Å². The van der Waals surface area contributed by atoms with Crippen molar-refractivity contribution in [1.82, 2.24) is 0 Å². The predicted molar refractivity (Wildman–Crippen MR) is 74.4 cm³/mol. The van der Waals surface area contributed by atoms with Gasteiger partial charge in [-0.15, -0.1) is 0 Å². The lowest BCUT2D eigenvalue weighted by atomic mass is 9.92. The van der Waals surface area contributed by atoms with Crippen LogP contribution in [0.1, 0.15) is 30.1 Å². The Morgan fingerprint density at radius 3 is 2.79 bits per heavy atom. The number of aromatic carboxylic acids is 1. The number of nitrogens with one attached hydrogen (secondary N) is 1. The largest absolute Gasteiger partial charge is 0.478 e. The van der Waals surface area contributed by atoms with E-state index >= 15 is 0 Å². The number of nitrogen functional groups attached to an aromatic ring is 1. The first-order chi connectivity index (χ1) is 9.08. The summed E-state index contributed by atoms with van der Waals surface area (Å²) in [7, 11) is 0. The van der Waals surface area contributed by atoms with Gasteiger partial charge in [-0.1, -0.05) is 0 Å². The van der Waals surface area contributed by atoms with Crippen molar-refractivity contribution in [3.05, 3.63) is 23.8 Å². The number of carbonyl (C=O) groups is 1. The number of hydrogen-bond acceptors (Lipinski definition) is 4. The molecule has 0 amide bonds. The molecular formula is C14H20N2O3. The number of anilines is 2. The lowest BCUT2D eigenvalue weighted by molar-refractivity contribution is 0.0622. The van der Waals surface area contributed by atoms with E-state index in [1.54, 1.807) is 12.1 Å². The van der Waals surface area contributed by atoms with E-state index < -0.39 is 5.97 Å². The number of carboxylic acids is 1. The van der Waals surface area contributed by atoms with Gasteiger partial charge in [0.1, 0.15) is 0 Å². The molecular weight excluding hydrogens is 244 g/mol. The van der Waals surface area contributed by atoms with E-state index in [1.807, 2.05) is 0 Å². The van der Waals surface area contributed by atoms with Crippen molar-refractivity contribution in [3.8, 4) is 0 Å². The summed E-state index contributed by atoms with van der Waals surface area (Å²) in [6, 6.07) is 4.98. The van der Waals surface area contributed by atoms with Crippen LogP contribution in [0.4, 0.5) is 11.4 Å². The summed E-state index contributed by atoms with van der Waals surface area (Å²) in [5, 5.41) is 12.3. The van der Waals surface area contributed by atoms with Crippen LogP contribution in [-0.2, 0) is 4.74 Å². The molecule has 1 aliphatic rings. The Bertz CT molecular complexity index is 456. The van der Waals surface area contributed by atoms with Crippen molar-refractivity contribution in [3.63, 3.8) is 0 Å². The zero-order valence-corrected chi connectivity index (χ0v) is 11.1. The molecule has 5 nitrogen and oxygen atoms in total. The van der Waals surface area contributed by atoms with E-state index in [2.05, 4.69) is 12.2 Å². The summed E-state index contributed by atoms with van der Waals surface area (Å²) >= 11 is 0. The van der Waals surface area contributed by atoms with Crippen molar-refractivity contribution < 1.29 is 14.6 Å². The molecule has 1 saturated heterocycles. The Balaban J connectivity index is 2.08. The molecule has 0 aliphatic carbocycles. The second kappa shape index (κ2) is 5.93. The molecule has 0 bridgehead atoms. The molecule has 1 aromatic carbocycles. The number of nitrogens with two attached hydrogens (primary N) is 1. The van der Waals surface area contributed by atoms with Crippen LogP contribution in [0.3, 0.4) is 0 Å². The van der Waals surface area contributed by atoms with E-state index in [1.165, 1.54) is 6.07 Å². The molecule has 0 spiro atoms. The first kappa shape index (κ1) is 13.7. The van der Waals surface area contributed by atoms with Crippen LogP contribution in [0.5, 0.6) is 0 Å². The fraction of sp³-hybridized carbons (Fsp3) is 0.500. The average Bonchev–Trinajstić information content (AvgIpc) is 2.42. The summed E-state index contributed by atoms with van der Waals surface area (Å²) in [5.74, 6) is -0.414. The molecule has 1 aliphatic heterocycles. The third-order valence-electron chi connectivity index (χ3n) is 3.66. The Hall–Kier alpha value is -1.75. The smallest absolute Gasteiger partial charge is 0.335 e. The van der Waals surface area contributed by atoms with Crippen molar-refractivity contribution in [1.29, 1.82) is 0 Å². The predicted octanol–water partition coefficient (Wildman–Crippen LogP) is 2.19. The van der Waals surface area contributed by atoms with Crippen LogP contribution in [0.2, 0.25) is 0 Å². The molecule has 5 heteroatoms. The van der Waals surface area contributed by atoms with Crippen molar-refractivity contribution >= 4 is 17.3 Å². The van der Waals surface area contributed by atoms with E-state index in [9.17, 15) is 4.79 Å². The van der Waals surface area contributed by atoms with Gasteiger partial charge in [-0.05, 0) is 43.9 Å². The summed E-state index contributed by atoms with van der Waals surface area (Å²) < 4.78 is 5.34. The van der Waals surface area contributed by atoms with Crippen molar-refractivity contribution in [2.24, 2.45) is 5.92 Å². The fourth-order valence-corrected chi connectivity index (χ4v) is 2.39. The second-order valence-electron chi connectivity index (χ2n) is 4.99. The minimum absolute atomic E-state index is 0.246. The van der Waals surface area contributed by atoms with E-state index in [0.717, 1.165) is 26.1 Å². The molecule has 104 valence electrons. The van der Waals surface area contributed by atoms with E-state index in [4.69, 9.17) is 15.6 Å². The molecule has 2 rings (SSSR count). The van der Waals surface area contributed by atoms with Gasteiger partial charge in [0.05, 0.1) is 16.9 Å². The summed E-state index contributed by atoms with van der Waals surface area (Å²) in [5.41, 5.74) is 7.40.